The average molecular weight is 461 g/mol. The third-order valence-electron chi connectivity index (χ3n) is 2.72. The van der Waals surface area contributed by atoms with E-state index in [2.05, 4.69) is 42.4 Å². The fourth-order valence-corrected chi connectivity index (χ4v) is 3.27. The zero-order chi connectivity index (χ0) is 17.7. The molecule has 2 rings (SSSR count). The van der Waals surface area contributed by atoms with E-state index in [1.807, 2.05) is 19.1 Å². The number of hydrazone groups is 1. The average Bonchev–Trinajstić information content (AvgIpc) is 2.95. The molecule has 8 nitrogen and oxygen atoms in total. The number of hydrogen-bond acceptors (Lipinski definition) is 6. The Morgan fingerprint density at radius 2 is 2.21 bits per heavy atom. The summed E-state index contributed by atoms with van der Waals surface area (Å²) in [5.74, 6) is -0.184. The van der Waals surface area contributed by atoms with Crippen molar-refractivity contribution in [2.75, 3.05) is 6.61 Å². The number of rotatable bonds is 6. The van der Waals surface area contributed by atoms with Gasteiger partial charge in [0, 0.05) is 4.47 Å². The molecular weight excluding hydrogens is 450 g/mol. The van der Waals surface area contributed by atoms with Gasteiger partial charge in [-0.05, 0) is 46.6 Å². The fraction of sp³-hybridized carbons (Fsp3) is 0.143. The summed E-state index contributed by atoms with van der Waals surface area (Å²) < 4.78 is 11.9. The highest BCUT2D eigenvalue weighted by Crippen LogP contribution is 2.32. The molecule has 10 heteroatoms. The van der Waals surface area contributed by atoms with Crippen molar-refractivity contribution in [2.24, 2.45) is 5.10 Å². The molecule has 0 aliphatic carbocycles. The number of amides is 1. The highest BCUT2D eigenvalue weighted by atomic mass is 79.9. The first-order valence-corrected chi connectivity index (χ1v) is 8.10. The van der Waals surface area contributed by atoms with Crippen molar-refractivity contribution >= 4 is 49.9 Å². The minimum absolute atomic E-state index is 0.148. The predicted molar refractivity (Wildman–Crippen MR) is 93.2 cm³/mol. The third-order valence-corrected chi connectivity index (χ3v) is 3.76. The number of nitrogens with zero attached hydrogens (tertiary/aromatic N) is 2. The standard InChI is InChI=1S/C14H11Br2N3O5/c1-8-4-9(15)5-11(16)14(8)23-7-12(20)18-17-6-10-2-3-13(24-10)19(21)22/h2-6H,7H2,1H3,(H,18,20)/b17-6+. The number of furan rings is 1. The highest BCUT2D eigenvalue weighted by Gasteiger charge is 2.11. The molecule has 0 aliphatic heterocycles. The van der Waals surface area contributed by atoms with Crippen LogP contribution in [0.3, 0.4) is 0 Å². The zero-order valence-electron chi connectivity index (χ0n) is 12.3. The van der Waals surface area contributed by atoms with E-state index < -0.39 is 16.7 Å². The monoisotopic (exact) mass is 459 g/mol. The lowest BCUT2D eigenvalue weighted by atomic mass is 10.2. The molecule has 1 heterocycles. The van der Waals surface area contributed by atoms with E-state index in [0.717, 1.165) is 16.3 Å². The number of aryl methyl sites for hydroxylation is 1. The van der Waals surface area contributed by atoms with Crippen molar-refractivity contribution in [3.05, 3.63) is 54.6 Å². The minimum Gasteiger partial charge on any atom is -0.482 e. The van der Waals surface area contributed by atoms with E-state index in [1.165, 1.54) is 12.1 Å². The molecule has 0 atom stereocenters. The van der Waals surface area contributed by atoms with Gasteiger partial charge in [0.25, 0.3) is 5.91 Å². The number of ether oxygens (including phenoxy) is 1. The lowest BCUT2D eigenvalue weighted by molar-refractivity contribution is -0.402. The van der Waals surface area contributed by atoms with Gasteiger partial charge in [-0.15, -0.1) is 0 Å². The van der Waals surface area contributed by atoms with Gasteiger partial charge in [-0.1, -0.05) is 15.9 Å². The molecule has 0 aliphatic rings. The lowest BCUT2D eigenvalue weighted by Crippen LogP contribution is -2.24. The second kappa shape index (κ2) is 8.06. The topological polar surface area (TPSA) is 107 Å². The fourth-order valence-electron chi connectivity index (χ4n) is 1.72. The lowest BCUT2D eigenvalue weighted by Gasteiger charge is -2.10. The molecule has 0 radical (unpaired) electrons. The van der Waals surface area contributed by atoms with Crippen LogP contribution in [-0.4, -0.2) is 23.7 Å². The molecule has 0 unspecified atom stereocenters. The summed E-state index contributed by atoms with van der Waals surface area (Å²) in [6, 6.07) is 6.23. The Labute approximate surface area is 153 Å². The van der Waals surface area contributed by atoms with E-state index in [1.54, 1.807) is 0 Å². The number of benzene rings is 1. The molecule has 1 N–H and O–H groups in total. The van der Waals surface area contributed by atoms with Crippen LogP contribution in [0, 0.1) is 17.0 Å². The normalized spacial score (nSPS) is 10.8. The van der Waals surface area contributed by atoms with Gasteiger partial charge in [0.05, 0.1) is 16.8 Å². The van der Waals surface area contributed by atoms with Crippen LogP contribution >= 0.6 is 31.9 Å². The van der Waals surface area contributed by atoms with Gasteiger partial charge >= 0.3 is 5.88 Å². The summed E-state index contributed by atoms with van der Waals surface area (Å²) in [4.78, 5) is 21.5. The van der Waals surface area contributed by atoms with Crippen molar-refractivity contribution in [1.82, 2.24) is 5.43 Å². The predicted octanol–water partition coefficient (Wildman–Crippen LogP) is 3.55. The SMILES string of the molecule is Cc1cc(Br)cc(Br)c1OCC(=O)N/N=C/c1ccc([N+](=O)[O-])o1. The first-order valence-electron chi connectivity index (χ1n) is 6.51. The van der Waals surface area contributed by atoms with Gasteiger partial charge in [0.1, 0.15) is 10.7 Å². The van der Waals surface area contributed by atoms with Crippen molar-refractivity contribution in [1.29, 1.82) is 0 Å². The molecular formula is C14H11Br2N3O5. The molecule has 1 aromatic heterocycles. The van der Waals surface area contributed by atoms with Crippen LogP contribution in [0.4, 0.5) is 5.88 Å². The first kappa shape index (κ1) is 18.1. The van der Waals surface area contributed by atoms with Crippen molar-refractivity contribution in [3.8, 4) is 5.75 Å². The number of nitro groups is 1. The van der Waals surface area contributed by atoms with Gasteiger partial charge in [0.2, 0.25) is 0 Å². The summed E-state index contributed by atoms with van der Waals surface area (Å²) in [5, 5.41) is 14.1. The summed E-state index contributed by atoms with van der Waals surface area (Å²) in [6.45, 7) is 1.61. The molecule has 0 bridgehead atoms. The van der Waals surface area contributed by atoms with Gasteiger partial charge < -0.3 is 9.15 Å². The molecule has 1 aromatic carbocycles. The van der Waals surface area contributed by atoms with Crippen LogP contribution in [-0.2, 0) is 4.79 Å². The van der Waals surface area contributed by atoms with Crippen LogP contribution in [0.2, 0.25) is 0 Å². The first-order chi connectivity index (χ1) is 11.4. The van der Waals surface area contributed by atoms with Gasteiger partial charge in [0.15, 0.2) is 12.4 Å². The summed E-state index contributed by atoms with van der Waals surface area (Å²) in [5.41, 5.74) is 3.10. The summed E-state index contributed by atoms with van der Waals surface area (Å²) in [7, 11) is 0. The van der Waals surface area contributed by atoms with Crippen LogP contribution in [0.25, 0.3) is 0 Å². The Morgan fingerprint density at radius 3 is 2.83 bits per heavy atom. The maximum Gasteiger partial charge on any atom is 0.433 e. The number of carbonyl (C=O) groups is 1. The number of hydrogen-bond donors (Lipinski definition) is 1. The van der Waals surface area contributed by atoms with Crippen LogP contribution in [0.1, 0.15) is 11.3 Å². The Morgan fingerprint density at radius 1 is 1.46 bits per heavy atom. The minimum atomic E-state index is -0.665. The quantitative estimate of drug-likeness (QED) is 0.403. The molecule has 24 heavy (non-hydrogen) atoms. The molecule has 1 amide bonds. The molecule has 0 fully saturated rings. The van der Waals surface area contributed by atoms with Crippen molar-refractivity contribution < 1.29 is 18.9 Å². The summed E-state index contributed by atoms with van der Waals surface area (Å²) >= 11 is 6.72. The Hall–Kier alpha value is -2.20. The number of nitrogens with one attached hydrogen (secondary N) is 1. The van der Waals surface area contributed by atoms with E-state index >= 15 is 0 Å². The smallest absolute Gasteiger partial charge is 0.433 e. The third kappa shape index (κ3) is 4.90. The largest absolute Gasteiger partial charge is 0.482 e. The Bertz CT molecular complexity index is 780. The van der Waals surface area contributed by atoms with Crippen LogP contribution in [0.15, 0.2) is 42.7 Å². The van der Waals surface area contributed by atoms with E-state index in [0.29, 0.717) is 10.2 Å². The number of halogens is 2. The molecule has 126 valence electrons. The zero-order valence-corrected chi connectivity index (χ0v) is 15.5. The Balaban J connectivity index is 1.87. The molecule has 0 saturated heterocycles. The van der Waals surface area contributed by atoms with Crippen LogP contribution in [0.5, 0.6) is 5.75 Å². The Kier molecular flexibility index (Phi) is 6.10. The van der Waals surface area contributed by atoms with Crippen LogP contribution < -0.4 is 10.2 Å². The second-order valence-electron chi connectivity index (χ2n) is 4.55. The van der Waals surface area contributed by atoms with E-state index in [-0.39, 0.29) is 12.4 Å². The molecule has 0 spiro atoms. The maximum atomic E-state index is 11.7. The van der Waals surface area contributed by atoms with Gasteiger partial charge in [-0.3, -0.25) is 14.9 Å². The molecule has 0 saturated carbocycles. The van der Waals surface area contributed by atoms with Gasteiger partial charge in [-0.2, -0.15) is 5.10 Å². The van der Waals surface area contributed by atoms with E-state index in [4.69, 9.17) is 9.15 Å². The van der Waals surface area contributed by atoms with Gasteiger partial charge in [-0.25, -0.2) is 5.43 Å². The van der Waals surface area contributed by atoms with E-state index in [9.17, 15) is 14.9 Å². The number of carbonyl (C=O) groups excluding carboxylic acids is 1. The van der Waals surface area contributed by atoms with Crippen molar-refractivity contribution in [2.45, 2.75) is 6.92 Å². The summed E-state index contributed by atoms with van der Waals surface area (Å²) in [6.07, 6.45) is 1.16. The maximum absolute atomic E-state index is 11.7. The molecule has 2 aromatic rings. The highest BCUT2D eigenvalue weighted by molar-refractivity contribution is 9.11. The second-order valence-corrected chi connectivity index (χ2v) is 6.32. The van der Waals surface area contributed by atoms with Crippen molar-refractivity contribution in [3.63, 3.8) is 0 Å².